The molecule has 4 rings (SSSR count). The van der Waals surface area contributed by atoms with Crippen molar-refractivity contribution in [3.05, 3.63) is 78.2 Å². The van der Waals surface area contributed by atoms with E-state index in [0.717, 1.165) is 16.3 Å². The van der Waals surface area contributed by atoms with Gasteiger partial charge in [-0.2, -0.15) is 8.42 Å². The maximum absolute atomic E-state index is 12.5. The zero-order valence-electron chi connectivity index (χ0n) is 18.4. The van der Waals surface area contributed by atoms with Crippen LogP contribution in [0.5, 0.6) is 0 Å². The van der Waals surface area contributed by atoms with E-state index in [2.05, 4.69) is 15.0 Å². The van der Waals surface area contributed by atoms with Crippen LogP contribution in [0.15, 0.2) is 71.1 Å². The number of aromatic nitrogens is 1. The molecule has 4 aromatic rings. The minimum Gasteiger partial charge on any atom is -0.445 e. The summed E-state index contributed by atoms with van der Waals surface area (Å²) in [5.74, 6) is 0.363. The number of rotatable bonds is 10. The Kier molecular flexibility index (Phi) is 7.41. The lowest BCUT2D eigenvalue weighted by molar-refractivity contribution is 0.133. The van der Waals surface area contributed by atoms with E-state index in [1.165, 1.54) is 0 Å². The minimum atomic E-state index is -3.74. The van der Waals surface area contributed by atoms with Crippen molar-refractivity contribution < 1.29 is 22.4 Å². The molecule has 0 radical (unpaired) electrons. The number of carbonyl (C=O) groups is 1. The smallest absolute Gasteiger partial charge is 0.408 e. The van der Waals surface area contributed by atoms with Gasteiger partial charge < -0.3 is 14.5 Å². The Bertz CT molecular complexity index is 1370. The lowest BCUT2D eigenvalue weighted by Crippen LogP contribution is -2.32. The summed E-state index contributed by atoms with van der Waals surface area (Å²) in [6.07, 6.45) is 0.989. The number of oxazole rings is 1. The molecule has 0 fully saturated rings. The molecule has 10 heteroatoms. The minimum absolute atomic E-state index is 0.135. The number of nitrogens with one attached hydrogen (secondary N) is 2. The fraction of sp³-hybridized carbons (Fsp3) is 0.250. The second kappa shape index (κ2) is 10.6. The molecule has 1 atom stereocenters. The fourth-order valence-corrected chi connectivity index (χ4v) is 4.11. The molecular formula is C24H26N4O5S. The Morgan fingerprint density at radius 3 is 2.59 bits per heavy atom. The van der Waals surface area contributed by atoms with Crippen LogP contribution >= 0.6 is 0 Å². The lowest BCUT2D eigenvalue weighted by atomic mass is 10.1. The largest absolute Gasteiger partial charge is 0.445 e. The number of benzene rings is 3. The van der Waals surface area contributed by atoms with Crippen LogP contribution in [0.25, 0.3) is 21.9 Å². The Hall–Kier alpha value is -3.47. The summed E-state index contributed by atoms with van der Waals surface area (Å²) in [7, 11) is -3.74. The highest BCUT2D eigenvalue weighted by atomic mass is 32.2. The fourth-order valence-electron chi connectivity index (χ4n) is 3.68. The van der Waals surface area contributed by atoms with E-state index in [-0.39, 0.29) is 13.2 Å². The zero-order chi connectivity index (χ0) is 24.0. The number of nitrogens with two attached hydrogens (primary N) is 1. The van der Waals surface area contributed by atoms with Gasteiger partial charge in [0.25, 0.3) is 10.2 Å². The van der Waals surface area contributed by atoms with E-state index in [0.29, 0.717) is 36.3 Å². The zero-order valence-corrected chi connectivity index (χ0v) is 19.3. The first-order chi connectivity index (χ1) is 16.4. The lowest BCUT2D eigenvalue weighted by Gasteiger charge is -2.15. The number of fused-ring (bicyclic) bond motifs is 3. The van der Waals surface area contributed by atoms with E-state index in [4.69, 9.17) is 14.3 Å². The Morgan fingerprint density at radius 1 is 1.03 bits per heavy atom. The number of ether oxygens (including phenoxy) is 1. The Morgan fingerprint density at radius 2 is 1.79 bits per heavy atom. The van der Waals surface area contributed by atoms with Gasteiger partial charge in [-0.1, -0.05) is 60.7 Å². The van der Waals surface area contributed by atoms with Gasteiger partial charge >= 0.3 is 6.09 Å². The van der Waals surface area contributed by atoms with Crippen LogP contribution in [0.3, 0.4) is 0 Å². The number of nitrogens with zero attached hydrogens (tertiary/aromatic N) is 1. The highest BCUT2D eigenvalue weighted by Gasteiger charge is 2.22. The van der Waals surface area contributed by atoms with Gasteiger partial charge in [0.2, 0.25) is 5.89 Å². The molecule has 0 aliphatic heterocycles. The molecule has 0 saturated heterocycles. The van der Waals surface area contributed by atoms with Crippen molar-refractivity contribution in [2.24, 2.45) is 5.14 Å². The van der Waals surface area contributed by atoms with E-state index >= 15 is 0 Å². The van der Waals surface area contributed by atoms with Crippen LogP contribution in [0.1, 0.15) is 36.8 Å². The second-order valence-corrected chi connectivity index (χ2v) is 9.26. The van der Waals surface area contributed by atoms with Gasteiger partial charge in [0.15, 0.2) is 5.58 Å². The first kappa shape index (κ1) is 23.7. The van der Waals surface area contributed by atoms with Crippen molar-refractivity contribution in [1.29, 1.82) is 0 Å². The molecule has 0 aliphatic rings. The summed E-state index contributed by atoms with van der Waals surface area (Å²) in [5.41, 5.74) is 2.21. The predicted molar refractivity (Wildman–Crippen MR) is 129 cm³/mol. The highest BCUT2D eigenvalue weighted by molar-refractivity contribution is 7.87. The summed E-state index contributed by atoms with van der Waals surface area (Å²) < 4.78 is 35.7. The number of carbonyl (C=O) groups excluding carboxylic acids is 1. The summed E-state index contributed by atoms with van der Waals surface area (Å²) in [5, 5.41) is 9.80. The highest BCUT2D eigenvalue weighted by Crippen LogP contribution is 2.29. The molecular weight excluding hydrogens is 456 g/mol. The quantitative estimate of drug-likeness (QED) is 0.293. The third-order valence-electron chi connectivity index (χ3n) is 5.33. The molecule has 0 spiro atoms. The molecule has 0 aliphatic carbocycles. The average molecular weight is 483 g/mol. The third kappa shape index (κ3) is 6.31. The average Bonchev–Trinajstić information content (AvgIpc) is 3.27. The molecule has 4 N–H and O–H groups in total. The molecule has 0 unspecified atom stereocenters. The van der Waals surface area contributed by atoms with E-state index < -0.39 is 22.3 Å². The van der Waals surface area contributed by atoms with E-state index in [9.17, 15) is 13.2 Å². The van der Waals surface area contributed by atoms with Crippen LogP contribution in [-0.2, 0) is 21.6 Å². The standard InChI is InChI=1S/C24H26N4O5S/c25-34(30,31)26-15-7-6-12-20(27-24(29)32-16-17-8-2-1-3-9-17)23-28-22-19-11-5-4-10-18(19)13-14-21(22)33-23/h1-5,8-11,13-14,20,26H,6-7,12,15-16H2,(H,27,29)(H2,25,30,31)/t20-/m0/s1. The van der Waals surface area contributed by atoms with Crippen molar-refractivity contribution in [3.63, 3.8) is 0 Å². The summed E-state index contributed by atoms with van der Waals surface area (Å²) in [6, 6.07) is 20.5. The van der Waals surface area contributed by atoms with Crippen LogP contribution in [0, 0.1) is 0 Å². The van der Waals surface area contributed by atoms with Crippen LogP contribution in [0.4, 0.5) is 4.79 Å². The molecule has 0 saturated carbocycles. The number of hydrogen-bond donors (Lipinski definition) is 3. The number of amides is 1. The molecule has 1 heterocycles. The topological polar surface area (TPSA) is 137 Å². The van der Waals surface area contributed by atoms with Gasteiger partial charge in [0.1, 0.15) is 18.2 Å². The molecule has 0 bridgehead atoms. The van der Waals surface area contributed by atoms with Gasteiger partial charge in [-0.25, -0.2) is 19.6 Å². The number of alkyl carbamates (subject to hydrolysis) is 1. The molecule has 34 heavy (non-hydrogen) atoms. The first-order valence-electron chi connectivity index (χ1n) is 10.9. The maximum atomic E-state index is 12.5. The normalized spacial score (nSPS) is 12.6. The van der Waals surface area contributed by atoms with Crippen LogP contribution in [0.2, 0.25) is 0 Å². The van der Waals surface area contributed by atoms with Gasteiger partial charge in [-0.3, -0.25) is 0 Å². The third-order valence-corrected chi connectivity index (χ3v) is 5.93. The molecule has 3 aromatic carbocycles. The Balaban J connectivity index is 1.49. The van der Waals surface area contributed by atoms with Crippen LogP contribution < -0.4 is 15.2 Å². The van der Waals surface area contributed by atoms with Crippen molar-refractivity contribution in [1.82, 2.24) is 15.0 Å². The van der Waals surface area contributed by atoms with Gasteiger partial charge in [0, 0.05) is 11.9 Å². The van der Waals surface area contributed by atoms with Crippen molar-refractivity contribution in [3.8, 4) is 0 Å². The molecule has 1 amide bonds. The van der Waals surface area contributed by atoms with E-state index in [1.54, 1.807) is 0 Å². The van der Waals surface area contributed by atoms with Crippen LogP contribution in [-0.4, -0.2) is 26.0 Å². The van der Waals surface area contributed by atoms with E-state index in [1.807, 2.05) is 66.7 Å². The molecule has 9 nitrogen and oxygen atoms in total. The van der Waals surface area contributed by atoms with Crippen molar-refractivity contribution in [2.75, 3.05) is 6.54 Å². The summed E-state index contributed by atoms with van der Waals surface area (Å²) >= 11 is 0. The number of unbranched alkanes of at least 4 members (excludes halogenated alkanes) is 1. The summed E-state index contributed by atoms with van der Waals surface area (Å²) in [6.45, 7) is 0.331. The van der Waals surface area contributed by atoms with Crippen molar-refractivity contribution >= 4 is 38.2 Å². The maximum Gasteiger partial charge on any atom is 0.408 e. The summed E-state index contributed by atoms with van der Waals surface area (Å²) in [4.78, 5) is 17.2. The molecule has 178 valence electrons. The first-order valence-corrected chi connectivity index (χ1v) is 12.5. The second-order valence-electron chi connectivity index (χ2n) is 7.88. The molecule has 1 aromatic heterocycles. The SMILES string of the molecule is NS(=O)(=O)NCCCC[C@H](NC(=O)OCc1ccccc1)c1nc2c(ccc3ccccc32)o1. The predicted octanol–water partition coefficient (Wildman–Crippen LogP) is 3.91. The van der Waals surface area contributed by atoms with Crippen molar-refractivity contribution in [2.45, 2.75) is 31.9 Å². The van der Waals surface area contributed by atoms with Gasteiger partial charge in [0.05, 0.1) is 0 Å². The van der Waals surface area contributed by atoms with Gasteiger partial charge in [-0.15, -0.1) is 0 Å². The van der Waals surface area contributed by atoms with Gasteiger partial charge in [-0.05, 0) is 36.3 Å². The Labute approximate surface area is 197 Å². The monoisotopic (exact) mass is 482 g/mol. The number of hydrogen-bond acceptors (Lipinski definition) is 6.